The molecule has 0 spiro atoms. The Hall–Kier alpha value is -2.53. The molecule has 2 aromatic rings. The quantitative estimate of drug-likeness (QED) is 0.522. The number of para-hydroxylation sites is 1. The number of hydrogen-bond acceptors (Lipinski definition) is 4. The Kier molecular flexibility index (Phi) is 5.38. The molecule has 0 saturated heterocycles. The normalized spacial score (nSPS) is 9.91. The molecule has 0 saturated carbocycles. The summed E-state index contributed by atoms with van der Waals surface area (Å²) in [5.74, 6) is -0.122. The van der Waals surface area contributed by atoms with E-state index in [9.17, 15) is 9.59 Å². The Balaban J connectivity index is 2.16. The largest absolute Gasteiger partial charge is 0.497 e. The van der Waals surface area contributed by atoms with Crippen LogP contribution in [0, 0.1) is 0 Å². The number of alkyl halides is 1. The van der Waals surface area contributed by atoms with Gasteiger partial charge in [0.1, 0.15) is 17.4 Å². The summed E-state index contributed by atoms with van der Waals surface area (Å²) in [6.07, 6.45) is 0. The topological polar surface area (TPSA) is 64.6 Å². The van der Waals surface area contributed by atoms with Crippen LogP contribution in [-0.2, 0) is 4.79 Å². The second-order valence-electron chi connectivity index (χ2n) is 4.29. The summed E-state index contributed by atoms with van der Waals surface area (Å²) in [5, 5.41) is 2.55. The van der Waals surface area contributed by atoms with Crippen molar-refractivity contribution in [3.8, 4) is 11.5 Å². The summed E-state index contributed by atoms with van der Waals surface area (Å²) in [7, 11) is 1.55. The van der Waals surface area contributed by atoms with Crippen molar-refractivity contribution in [1.29, 1.82) is 0 Å². The Labute approximate surface area is 132 Å². The maximum Gasteiger partial charge on any atom is 0.345 e. The van der Waals surface area contributed by atoms with Gasteiger partial charge < -0.3 is 14.8 Å². The van der Waals surface area contributed by atoms with Gasteiger partial charge in [-0.05, 0) is 36.4 Å². The van der Waals surface area contributed by atoms with E-state index in [0.717, 1.165) is 0 Å². The third kappa shape index (κ3) is 3.99. The zero-order chi connectivity index (χ0) is 15.9. The SMILES string of the molecule is COc1ccc(OC(=O)c2ccccc2NC(=O)CCl)cc1. The molecule has 0 aliphatic carbocycles. The molecule has 0 atom stereocenters. The summed E-state index contributed by atoms with van der Waals surface area (Å²) in [6.45, 7) is 0. The Bertz CT molecular complexity index is 670. The monoisotopic (exact) mass is 319 g/mol. The van der Waals surface area contributed by atoms with Crippen molar-refractivity contribution in [2.45, 2.75) is 0 Å². The molecule has 2 aromatic carbocycles. The van der Waals surface area contributed by atoms with Crippen LogP contribution in [0.1, 0.15) is 10.4 Å². The van der Waals surface area contributed by atoms with E-state index in [4.69, 9.17) is 21.1 Å². The second kappa shape index (κ2) is 7.47. The number of nitrogens with one attached hydrogen (secondary N) is 1. The number of amides is 1. The minimum Gasteiger partial charge on any atom is -0.497 e. The maximum atomic E-state index is 12.2. The van der Waals surface area contributed by atoms with Crippen LogP contribution in [0.25, 0.3) is 0 Å². The molecule has 22 heavy (non-hydrogen) atoms. The summed E-state index contributed by atoms with van der Waals surface area (Å²) in [6, 6.07) is 13.2. The van der Waals surface area contributed by atoms with E-state index in [-0.39, 0.29) is 11.4 Å². The second-order valence-corrected chi connectivity index (χ2v) is 4.56. The molecule has 0 aliphatic heterocycles. The number of esters is 1. The molecule has 0 aliphatic rings. The van der Waals surface area contributed by atoms with Crippen LogP contribution in [0.15, 0.2) is 48.5 Å². The van der Waals surface area contributed by atoms with Gasteiger partial charge in [-0.2, -0.15) is 0 Å². The van der Waals surface area contributed by atoms with Gasteiger partial charge in [0, 0.05) is 0 Å². The number of carbonyl (C=O) groups is 2. The number of hydrogen-bond donors (Lipinski definition) is 1. The third-order valence-corrected chi connectivity index (χ3v) is 3.06. The Morgan fingerprint density at radius 3 is 2.32 bits per heavy atom. The van der Waals surface area contributed by atoms with Crippen molar-refractivity contribution >= 4 is 29.2 Å². The first-order chi connectivity index (χ1) is 10.6. The lowest BCUT2D eigenvalue weighted by atomic mass is 10.2. The molecule has 0 unspecified atom stereocenters. The Morgan fingerprint density at radius 1 is 1.05 bits per heavy atom. The van der Waals surface area contributed by atoms with Crippen molar-refractivity contribution in [2.75, 3.05) is 18.3 Å². The van der Waals surface area contributed by atoms with Crippen molar-refractivity contribution in [3.63, 3.8) is 0 Å². The minimum absolute atomic E-state index is 0.193. The third-order valence-electron chi connectivity index (χ3n) is 2.81. The fourth-order valence-electron chi connectivity index (χ4n) is 1.76. The maximum absolute atomic E-state index is 12.2. The fraction of sp³-hybridized carbons (Fsp3) is 0.125. The molecule has 0 heterocycles. The van der Waals surface area contributed by atoms with Crippen LogP contribution in [-0.4, -0.2) is 24.9 Å². The number of carbonyl (C=O) groups excluding carboxylic acids is 2. The highest BCUT2D eigenvalue weighted by Gasteiger charge is 2.15. The van der Waals surface area contributed by atoms with Gasteiger partial charge in [-0.15, -0.1) is 11.6 Å². The van der Waals surface area contributed by atoms with Gasteiger partial charge >= 0.3 is 5.97 Å². The molecule has 1 amide bonds. The number of halogens is 1. The van der Waals surface area contributed by atoms with Gasteiger partial charge in [-0.1, -0.05) is 12.1 Å². The van der Waals surface area contributed by atoms with Gasteiger partial charge in [-0.25, -0.2) is 4.79 Å². The number of rotatable bonds is 5. The summed E-state index contributed by atoms with van der Waals surface area (Å²) < 4.78 is 10.3. The van der Waals surface area contributed by atoms with Crippen molar-refractivity contribution in [3.05, 3.63) is 54.1 Å². The van der Waals surface area contributed by atoms with E-state index in [1.807, 2.05) is 0 Å². The van der Waals surface area contributed by atoms with Crippen molar-refractivity contribution < 1.29 is 19.1 Å². The van der Waals surface area contributed by atoms with Crippen molar-refractivity contribution in [2.24, 2.45) is 0 Å². The zero-order valence-corrected chi connectivity index (χ0v) is 12.6. The van der Waals surface area contributed by atoms with Gasteiger partial charge in [0.05, 0.1) is 18.4 Å². The average molecular weight is 320 g/mol. The molecule has 114 valence electrons. The fourth-order valence-corrected chi connectivity index (χ4v) is 1.83. The molecule has 5 nitrogen and oxygen atoms in total. The van der Waals surface area contributed by atoms with E-state index < -0.39 is 11.9 Å². The molecule has 0 aromatic heterocycles. The summed E-state index contributed by atoms with van der Waals surface area (Å²) in [5.41, 5.74) is 0.600. The summed E-state index contributed by atoms with van der Waals surface area (Å²) >= 11 is 5.45. The lowest BCUT2D eigenvalue weighted by molar-refractivity contribution is -0.113. The molecule has 1 N–H and O–H groups in total. The van der Waals surface area contributed by atoms with E-state index in [1.165, 1.54) is 0 Å². The predicted molar refractivity (Wildman–Crippen MR) is 83.7 cm³/mol. The number of ether oxygens (including phenoxy) is 2. The smallest absolute Gasteiger partial charge is 0.345 e. The van der Waals surface area contributed by atoms with Crippen LogP contribution in [0.3, 0.4) is 0 Å². The van der Waals surface area contributed by atoms with Crippen LogP contribution in [0.5, 0.6) is 11.5 Å². The van der Waals surface area contributed by atoms with Crippen LogP contribution in [0.4, 0.5) is 5.69 Å². The zero-order valence-electron chi connectivity index (χ0n) is 11.8. The molecule has 0 radical (unpaired) electrons. The van der Waals surface area contributed by atoms with E-state index in [1.54, 1.807) is 55.6 Å². The lowest BCUT2D eigenvalue weighted by Crippen LogP contribution is -2.17. The standard InChI is InChI=1S/C16H14ClNO4/c1-21-11-6-8-12(9-7-11)22-16(20)13-4-2-3-5-14(13)18-15(19)10-17/h2-9H,10H2,1H3,(H,18,19). The lowest BCUT2D eigenvalue weighted by Gasteiger charge is -2.10. The molecule has 6 heteroatoms. The number of anilines is 1. The minimum atomic E-state index is -0.573. The van der Waals surface area contributed by atoms with Gasteiger partial charge in [0.15, 0.2) is 0 Å². The number of methoxy groups -OCH3 is 1. The highest BCUT2D eigenvalue weighted by Crippen LogP contribution is 2.21. The van der Waals surface area contributed by atoms with E-state index in [0.29, 0.717) is 17.2 Å². The highest BCUT2D eigenvalue weighted by molar-refractivity contribution is 6.29. The summed E-state index contributed by atoms with van der Waals surface area (Å²) in [4.78, 5) is 23.6. The van der Waals surface area contributed by atoms with Crippen molar-refractivity contribution in [1.82, 2.24) is 0 Å². The molecular formula is C16H14ClNO4. The van der Waals surface area contributed by atoms with Gasteiger partial charge in [-0.3, -0.25) is 4.79 Å². The first-order valence-corrected chi connectivity index (χ1v) is 6.98. The van der Waals surface area contributed by atoms with Gasteiger partial charge in [0.2, 0.25) is 5.91 Å². The average Bonchev–Trinajstić information content (AvgIpc) is 2.55. The Morgan fingerprint density at radius 2 is 1.68 bits per heavy atom. The van der Waals surface area contributed by atoms with Crippen LogP contribution < -0.4 is 14.8 Å². The first-order valence-electron chi connectivity index (χ1n) is 6.45. The first kappa shape index (κ1) is 15.9. The molecule has 0 bridgehead atoms. The highest BCUT2D eigenvalue weighted by atomic mass is 35.5. The predicted octanol–water partition coefficient (Wildman–Crippen LogP) is 3.09. The number of benzene rings is 2. The van der Waals surface area contributed by atoms with E-state index >= 15 is 0 Å². The van der Waals surface area contributed by atoms with Gasteiger partial charge in [0.25, 0.3) is 0 Å². The molecule has 0 fully saturated rings. The molecular weight excluding hydrogens is 306 g/mol. The molecule has 2 rings (SSSR count). The van der Waals surface area contributed by atoms with Crippen LogP contribution in [0.2, 0.25) is 0 Å². The van der Waals surface area contributed by atoms with E-state index in [2.05, 4.69) is 5.32 Å². The van der Waals surface area contributed by atoms with Crippen LogP contribution >= 0.6 is 11.6 Å².